The van der Waals surface area contributed by atoms with E-state index in [0.29, 0.717) is 12.2 Å². The highest BCUT2D eigenvalue weighted by atomic mass is 32.1. The Morgan fingerprint density at radius 3 is 2.09 bits per heavy atom. The predicted molar refractivity (Wildman–Crippen MR) is 98.7 cm³/mol. The number of carbonyl (C=O) groups excluding carboxylic acids is 1. The van der Waals surface area contributed by atoms with E-state index in [1.165, 1.54) is 0 Å². The van der Waals surface area contributed by atoms with Gasteiger partial charge in [-0.2, -0.15) is 12.6 Å². The second-order valence-corrected chi connectivity index (χ2v) is 7.40. The monoisotopic (exact) mass is 332 g/mol. The first-order valence-electron chi connectivity index (χ1n) is 7.90. The molecule has 1 fully saturated rings. The topological polar surface area (TPSA) is 35.5 Å². The van der Waals surface area contributed by atoms with E-state index in [9.17, 15) is 4.79 Å². The van der Waals surface area contributed by atoms with Gasteiger partial charge in [0.1, 0.15) is 5.78 Å². The van der Waals surface area contributed by atoms with Crippen molar-refractivity contribution in [2.75, 3.05) is 5.75 Å². The zero-order valence-corrected chi connectivity index (χ0v) is 15.4. The fourth-order valence-electron chi connectivity index (χ4n) is 2.42. The molecule has 1 saturated heterocycles. The van der Waals surface area contributed by atoms with Gasteiger partial charge in [-0.3, -0.25) is 4.79 Å². The van der Waals surface area contributed by atoms with Gasteiger partial charge in [-0.05, 0) is 51.2 Å². The number of hydrogen-bond donors (Lipinski definition) is 1. The molecule has 1 heterocycles. The third kappa shape index (κ3) is 4.28. The molecule has 0 unspecified atom stereocenters. The Balaban J connectivity index is 2.18. The zero-order valence-electron chi connectivity index (χ0n) is 14.6. The molecule has 0 atom stereocenters. The quantitative estimate of drug-likeness (QED) is 0.659. The molecule has 2 rings (SSSR count). The summed E-state index contributed by atoms with van der Waals surface area (Å²) in [5, 5.41) is 0. The zero-order chi connectivity index (χ0) is 17.3. The number of ketones is 1. The summed E-state index contributed by atoms with van der Waals surface area (Å²) < 4.78 is 12.2. The van der Waals surface area contributed by atoms with Crippen LogP contribution in [0.25, 0.3) is 6.08 Å². The molecule has 124 valence electrons. The first-order chi connectivity index (χ1) is 10.6. The van der Waals surface area contributed by atoms with Gasteiger partial charge in [0.25, 0.3) is 0 Å². The van der Waals surface area contributed by atoms with E-state index in [4.69, 9.17) is 9.31 Å². The summed E-state index contributed by atoms with van der Waals surface area (Å²) in [6.45, 7) is 9.77. The summed E-state index contributed by atoms with van der Waals surface area (Å²) in [5.41, 5.74) is 2.36. The van der Waals surface area contributed by atoms with E-state index in [2.05, 4.69) is 12.6 Å². The van der Waals surface area contributed by atoms with Crippen LogP contribution in [-0.2, 0) is 20.5 Å². The molecular weight excluding hydrogens is 307 g/mol. The maximum absolute atomic E-state index is 11.2. The Hall–Kier alpha value is -1.04. The molecule has 23 heavy (non-hydrogen) atoms. The SMILES string of the molecule is CC(=O)Cc1ccc(C=C(CS)B2OC(C)(C)C(C)(C)O2)cc1. The number of Topliss-reactive ketones (excluding diaryl/α,β-unsaturated/α-hetero) is 1. The molecule has 0 N–H and O–H groups in total. The smallest absolute Gasteiger partial charge is 0.400 e. The van der Waals surface area contributed by atoms with E-state index in [1.54, 1.807) is 6.92 Å². The van der Waals surface area contributed by atoms with Gasteiger partial charge in [0.2, 0.25) is 0 Å². The van der Waals surface area contributed by atoms with E-state index < -0.39 is 0 Å². The summed E-state index contributed by atoms with van der Waals surface area (Å²) in [5.74, 6) is 0.730. The lowest BCUT2D eigenvalue weighted by Crippen LogP contribution is -2.41. The Morgan fingerprint density at radius 1 is 1.13 bits per heavy atom. The minimum absolute atomic E-state index is 0.168. The van der Waals surface area contributed by atoms with Gasteiger partial charge in [0.05, 0.1) is 11.2 Å². The largest absolute Gasteiger partial charge is 0.491 e. The van der Waals surface area contributed by atoms with E-state index >= 15 is 0 Å². The molecule has 1 aromatic carbocycles. The van der Waals surface area contributed by atoms with Crippen molar-refractivity contribution in [3.8, 4) is 0 Å². The van der Waals surface area contributed by atoms with Crippen LogP contribution >= 0.6 is 12.6 Å². The average Bonchev–Trinajstić information content (AvgIpc) is 2.66. The highest BCUT2D eigenvalue weighted by Crippen LogP contribution is 2.39. The van der Waals surface area contributed by atoms with Crippen LogP contribution in [0, 0.1) is 0 Å². The summed E-state index contributed by atoms with van der Waals surface area (Å²) in [4.78, 5) is 11.2. The summed E-state index contributed by atoms with van der Waals surface area (Å²) in [6, 6.07) is 7.97. The fraction of sp³-hybridized carbons (Fsp3) is 0.500. The number of rotatable bonds is 5. The third-order valence-corrected chi connectivity index (χ3v) is 4.89. The molecule has 3 nitrogen and oxygen atoms in total. The van der Waals surface area contributed by atoms with Crippen molar-refractivity contribution in [1.29, 1.82) is 0 Å². The average molecular weight is 332 g/mol. The van der Waals surface area contributed by atoms with Crippen LogP contribution in [0.2, 0.25) is 0 Å². The van der Waals surface area contributed by atoms with Crippen molar-refractivity contribution in [2.24, 2.45) is 0 Å². The van der Waals surface area contributed by atoms with Gasteiger partial charge < -0.3 is 9.31 Å². The predicted octanol–water partition coefficient (Wildman–Crippen LogP) is 3.76. The maximum Gasteiger partial charge on any atom is 0.491 e. The molecule has 1 aromatic rings. The normalized spacial score (nSPS) is 19.9. The number of benzene rings is 1. The first-order valence-corrected chi connectivity index (χ1v) is 8.53. The van der Waals surface area contributed by atoms with Crippen LogP contribution in [0.15, 0.2) is 29.7 Å². The third-order valence-electron chi connectivity index (χ3n) is 4.52. The van der Waals surface area contributed by atoms with Gasteiger partial charge in [0, 0.05) is 12.2 Å². The van der Waals surface area contributed by atoms with Crippen LogP contribution in [0.4, 0.5) is 0 Å². The molecule has 0 aromatic heterocycles. The van der Waals surface area contributed by atoms with Gasteiger partial charge in [0.15, 0.2) is 0 Å². The fourth-order valence-corrected chi connectivity index (χ4v) is 2.66. The van der Waals surface area contributed by atoms with E-state index in [0.717, 1.165) is 16.6 Å². The first kappa shape index (κ1) is 18.3. The Kier molecular flexibility index (Phi) is 5.44. The summed E-state index contributed by atoms with van der Waals surface area (Å²) in [7, 11) is -0.380. The lowest BCUT2D eigenvalue weighted by molar-refractivity contribution is -0.116. The van der Waals surface area contributed by atoms with Crippen molar-refractivity contribution >= 4 is 31.6 Å². The van der Waals surface area contributed by atoms with Crippen LogP contribution < -0.4 is 0 Å². The minimum atomic E-state index is -0.380. The molecule has 0 radical (unpaired) electrons. The molecule has 0 bridgehead atoms. The van der Waals surface area contributed by atoms with Crippen molar-refractivity contribution in [1.82, 2.24) is 0 Å². The van der Waals surface area contributed by atoms with E-state index in [-0.39, 0.29) is 24.1 Å². The summed E-state index contributed by atoms with van der Waals surface area (Å²) >= 11 is 4.43. The lowest BCUT2D eigenvalue weighted by Gasteiger charge is -2.32. The number of carbonyl (C=O) groups is 1. The molecule has 1 aliphatic rings. The molecular formula is C18H25BO3S. The minimum Gasteiger partial charge on any atom is -0.400 e. The second-order valence-electron chi connectivity index (χ2n) is 7.09. The molecule has 1 aliphatic heterocycles. The molecule has 0 spiro atoms. The van der Waals surface area contributed by atoms with Crippen molar-refractivity contribution in [3.05, 3.63) is 40.9 Å². The Bertz CT molecular complexity index is 589. The lowest BCUT2D eigenvalue weighted by atomic mass is 9.78. The Labute approximate surface area is 145 Å². The number of hydrogen-bond acceptors (Lipinski definition) is 4. The molecule has 0 aliphatic carbocycles. The maximum atomic E-state index is 11.2. The van der Waals surface area contributed by atoms with E-state index in [1.807, 2.05) is 58.0 Å². The van der Waals surface area contributed by atoms with Crippen LogP contribution in [0.1, 0.15) is 45.7 Å². The molecule has 5 heteroatoms. The van der Waals surface area contributed by atoms with Crippen LogP contribution in [-0.4, -0.2) is 29.9 Å². The van der Waals surface area contributed by atoms with Crippen LogP contribution in [0.5, 0.6) is 0 Å². The highest BCUT2D eigenvalue weighted by molar-refractivity contribution is 7.80. The second kappa shape index (κ2) is 6.84. The van der Waals surface area contributed by atoms with Crippen molar-refractivity contribution < 1.29 is 14.1 Å². The van der Waals surface area contributed by atoms with Crippen LogP contribution in [0.3, 0.4) is 0 Å². The standard InChI is InChI=1S/C18H25BO3S/c1-13(20)10-14-6-8-15(9-7-14)11-16(12-23)19-21-17(2,3)18(4,5)22-19/h6-9,11,23H,10,12H2,1-5H3. The van der Waals surface area contributed by atoms with Gasteiger partial charge in [-0.1, -0.05) is 30.3 Å². The molecule has 0 amide bonds. The van der Waals surface area contributed by atoms with Gasteiger partial charge in [-0.15, -0.1) is 0 Å². The van der Waals surface area contributed by atoms with Crippen molar-refractivity contribution in [3.63, 3.8) is 0 Å². The summed E-state index contributed by atoms with van der Waals surface area (Å²) in [6.07, 6.45) is 2.52. The van der Waals surface area contributed by atoms with Crippen molar-refractivity contribution in [2.45, 2.75) is 52.2 Å². The van der Waals surface area contributed by atoms with Gasteiger partial charge >= 0.3 is 7.12 Å². The molecule has 0 saturated carbocycles. The number of thiol groups is 1. The van der Waals surface area contributed by atoms with Gasteiger partial charge in [-0.25, -0.2) is 0 Å². The Morgan fingerprint density at radius 2 is 1.65 bits per heavy atom. The highest BCUT2D eigenvalue weighted by Gasteiger charge is 2.52.